The Labute approximate surface area is 107 Å². The molecule has 1 saturated carbocycles. The van der Waals surface area contributed by atoms with Gasteiger partial charge in [-0.25, -0.2) is 0 Å². The summed E-state index contributed by atoms with van der Waals surface area (Å²) >= 11 is 5.90. The van der Waals surface area contributed by atoms with Crippen molar-refractivity contribution >= 4 is 17.7 Å². The number of epoxide rings is 1. The van der Waals surface area contributed by atoms with Crippen molar-refractivity contribution in [2.75, 3.05) is 6.61 Å². The van der Waals surface area contributed by atoms with Gasteiger partial charge in [0.1, 0.15) is 5.60 Å². The van der Waals surface area contributed by atoms with Crippen LogP contribution in [-0.4, -0.2) is 12.2 Å². The fourth-order valence-electron chi connectivity index (χ4n) is 2.88. The van der Waals surface area contributed by atoms with Crippen molar-refractivity contribution in [2.24, 2.45) is 5.41 Å². The maximum atomic E-state index is 5.90. The van der Waals surface area contributed by atoms with E-state index in [1.165, 1.54) is 17.6 Å². The van der Waals surface area contributed by atoms with Gasteiger partial charge >= 0.3 is 0 Å². The lowest BCUT2D eigenvalue weighted by molar-refractivity contribution is 0.197. The number of benzene rings is 1. The molecule has 1 aromatic rings. The predicted octanol–water partition coefficient (Wildman–Crippen LogP) is 4.31. The zero-order chi connectivity index (χ0) is 12.1. The fraction of sp³-hybridized carbons (Fsp3) is 0.467. The summed E-state index contributed by atoms with van der Waals surface area (Å²) in [4.78, 5) is 0. The third-order valence-corrected chi connectivity index (χ3v) is 4.53. The van der Waals surface area contributed by atoms with Gasteiger partial charge in [0, 0.05) is 10.4 Å². The molecular formula is C15H17ClO. The maximum Gasteiger partial charge on any atom is 0.118 e. The highest BCUT2D eigenvalue weighted by Gasteiger charge is 2.62. The molecule has 17 heavy (non-hydrogen) atoms. The third-order valence-electron chi connectivity index (χ3n) is 4.28. The van der Waals surface area contributed by atoms with Crippen LogP contribution in [0.2, 0.25) is 5.02 Å². The average molecular weight is 249 g/mol. The Bertz CT molecular complexity index is 466. The van der Waals surface area contributed by atoms with Gasteiger partial charge in [0.25, 0.3) is 0 Å². The van der Waals surface area contributed by atoms with Crippen LogP contribution in [0.15, 0.2) is 29.8 Å². The largest absolute Gasteiger partial charge is 0.364 e. The van der Waals surface area contributed by atoms with Crippen LogP contribution >= 0.6 is 11.6 Å². The lowest BCUT2D eigenvalue weighted by atomic mass is 9.80. The van der Waals surface area contributed by atoms with Crippen molar-refractivity contribution in [3.63, 3.8) is 0 Å². The molecule has 90 valence electrons. The maximum absolute atomic E-state index is 5.90. The SMILES string of the molecule is CC1(C)CC/C(=C\c2ccc(Cl)cc2)C12CO2. The molecule has 1 aliphatic heterocycles. The molecule has 1 aliphatic carbocycles. The lowest BCUT2D eigenvalue weighted by Crippen LogP contribution is -2.27. The molecular weight excluding hydrogens is 232 g/mol. The quantitative estimate of drug-likeness (QED) is 0.675. The molecule has 0 bridgehead atoms. The molecule has 2 fully saturated rings. The Morgan fingerprint density at radius 2 is 1.88 bits per heavy atom. The van der Waals surface area contributed by atoms with Crippen LogP contribution in [-0.2, 0) is 4.74 Å². The van der Waals surface area contributed by atoms with E-state index in [0.29, 0.717) is 0 Å². The van der Waals surface area contributed by atoms with Crippen LogP contribution in [0.5, 0.6) is 0 Å². The van der Waals surface area contributed by atoms with Crippen molar-refractivity contribution in [3.8, 4) is 0 Å². The zero-order valence-electron chi connectivity index (χ0n) is 10.3. The second kappa shape index (κ2) is 3.60. The average Bonchev–Trinajstić information content (AvgIpc) is 3.04. The molecule has 1 spiro atoms. The molecule has 1 nitrogen and oxygen atoms in total. The Morgan fingerprint density at radius 1 is 1.24 bits per heavy atom. The summed E-state index contributed by atoms with van der Waals surface area (Å²) in [6.07, 6.45) is 4.64. The summed E-state index contributed by atoms with van der Waals surface area (Å²) < 4.78 is 5.79. The molecule has 0 N–H and O–H groups in total. The van der Waals surface area contributed by atoms with Crippen LogP contribution in [0.4, 0.5) is 0 Å². The zero-order valence-corrected chi connectivity index (χ0v) is 11.1. The van der Waals surface area contributed by atoms with E-state index in [-0.39, 0.29) is 11.0 Å². The molecule has 3 rings (SSSR count). The number of halogens is 1. The Hall–Kier alpha value is -0.790. The normalized spacial score (nSPS) is 32.3. The van der Waals surface area contributed by atoms with E-state index in [2.05, 4.69) is 32.1 Å². The summed E-state index contributed by atoms with van der Waals surface area (Å²) in [7, 11) is 0. The molecule has 0 amide bonds. The lowest BCUT2D eigenvalue weighted by Gasteiger charge is -2.23. The first kappa shape index (κ1) is 11.3. The number of rotatable bonds is 1. The Balaban J connectivity index is 1.93. The molecule has 1 aromatic carbocycles. The highest BCUT2D eigenvalue weighted by atomic mass is 35.5. The molecule has 1 heterocycles. The van der Waals surface area contributed by atoms with E-state index >= 15 is 0 Å². The topological polar surface area (TPSA) is 12.5 Å². The standard InChI is InChI=1S/C15H17ClO/c1-14(2)8-7-12(15(14)10-17-15)9-11-3-5-13(16)6-4-11/h3-6,9H,7-8,10H2,1-2H3/b12-9+. The van der Waals surface area contributed by atoms with Gasteiger partial charge in [0.15, 0.2) is 0 Å². The molecule has 1 saturated heterocycles. The van der Waals surface area contributed by atoms with E-state index in [0.717, 1.165) is 18.1 Å². The van der Waals surface area contributed by atoms with Crippen LogP contribution in [0.1, 0.15) is 32.3 Å². The highest BCUT2D eigenvalue weighted by Crippen LogP contribution is 2.59. The smallest absolute Gasteiger partial charge is 0.118 e. The predicted molar refractivity (Wildman–Crippen MR) is 71.1 cm³/mol. The van der Waals surface area contributed by atoms with Crippen molar-refractivity contribution < 1.29 is 4.74 Å². The minimum atomic E-state index is 0.0344. The Morgan fingerprint density at radius 3 is 2.47 bits per heavy atom. The number of ether oxygens (including phenoxy) is 1. The first-order valence-corrected chi connectivity index (χ1v) is 6.52. The molecule has 2 aliphatic rings. The van der Waals surface area contributed by atoms with Crippen LogP contribution < -0.4 is 0 Å². The first-order chi connectivity index (χ1) is 8.03. The summed E-state index contributed by atoms with van der Waals surface area (Å²) in [5.41, 5.74) is 2.99. The molecule has 2 heteroatoms. The van der Waals surface area contributed by atoms with Crippen molar-refractivity contribution in [1.29, 1.82) is 0 Å². The fourth-order valence-corrected chi connectivity index (χ4v) is 3.01. The van der Waals surface area contributed by atoms with Gasteiger partial charge in [-0.2, -0.15) is 0 Å². The van der Waals surface area contributed by atoms with Crippen molar-refractivity contribution in [1.82, 2.24) is 0 Å². The van der Waals surface area contributed by atoms with Gasteiger partial charge in [-0.1, -0.05) is 43.7 Å². The molecule has 1 atom stereocenters. The summed E-state index contributed by atoms with van der Waals surface area (Å²) in [6.45, 7) is 5.50. The molecule has 0 radical (unpaired) electrons. The number of hydrogen-bond acceptors (Lipinski definition) is 1. The van der Waals surface area contributed by atoms with Gasteiger partial charge < -0.3 is 4.74 Å². The van der Waals surface area contributed by atoms with E-state index in [1.54, 1.807) is 0 Å². The minimum absolute atomic E-state index is 0.0344. The van der Waals surface area contributed by atoms with Gasteiger partial charge in [-0.15, -0.1) is 0 Å². The van der Waals surface area contributed by atoms with Crippen molar-refractivity contribution in [2.45, 2.75) is 32.3 Å². The first-order valence-electron chi connectivity index (χ1n) is 6.14. The molecule has 1 unspecified atom stereocenters. The van der Waals surface area contributed by atoms with E-state index < -0.39 is 0 Å². The summed E-state index contributed by atoms with van der Waals surface area (Å²) in [6, 6.07) is 8.01. The Kier molecular flexibility index (Phi) is 2.39. The van der Waals surface area contributed by atoms with Crippen LogP contribution in [0.3, 0.4) is 0 Å². The second-order valence-electron chi connectivity index (χ2n) is 5.72. The van der Waals surface area contributed by atoms with Crippen LogP contribution in [0.25, 0.3) is 6.08 Å². The van der Waals surface area contributed by atoms with Gasteiger partial charge in [-0.05, 0) is 36.1 Å². The number of hydrogen-bond donors (Lipinski definition) is 0. The summed E-state index contributed by atoms with van der Waals surface area (Å²) in [5.74, 6) is 0. The van der Waals surface area contributed by atoms with Crippen molar-refractivity contribution in [3.05, 3.63) is 40.4 Å². The van der Waals surface area contributed by atoms with E-state index in [4.69, 9.17) is 16.3 Å². The van der Waals surface area contributed by atoms with Gasteiger partial charge in [0.2, 0.25) is 0 Å². The summed E-state index contributed by atoms with van der Waals surface area (Å²) in [5, 5.41) is 0.788. The third kappa shape index (κ3) is 1.73. The van der Waals surface area contributed by atoms with E-state index in [9.17, 15) is 0 Å². The van der Waals surface area contributed by atoms with Gasteiger partial charge in [-0.3, -0.25) is 0 Å². The van der Waals surface area contributed by atoms with Crippen LogP contribution in [0, 0.1) is 5.41 Å². The highest BCUT2D eigenvalue weighted by molar-refractivity contribution is 6.30. The second-order valence-corrected chi connectivity index (χ2v) is 6.16. The van der Waals surface area contributed by atoms with E-state index in [1.807, 2.05) is 12.1 Å². The van der Waals surface area contributed by atoms with Gasteiger partial charge in [0.05, 0.1) is 6.61 Å². The minimum Gasteiger partial charge on any atom is -0.364 e. The monoisotopic (exact) mass is 248 g/mol. The molecule has 0 aromatic heterocycles.